The van der Waals surface area contributed by atoms with Gasteiger partial charge >= 0.3 is 11.7 Å². The first-order chi connectivity index (χ1) is 56.3. The van der Waals surface area contributed by atoms with Crippen molar-refractivity contribution in [2.24, 2.45) is 23.7 Å². The van der Waals surface area contributed by atoms with Crippen molar-refractivity contribution in [1.29, 1.82) is 0 Å². The molecule has 0 aromatic heterocycles. The minimum atomic E-state index is -0.796. The SMILES string of the molecule is CCCCCCCCOc1cc(OCCCCCCCC)c(C(=O)c2cc(C(=O)c3cc(C(=O)c4cc(C(=O)c5cc(C(=O)OC)c(OC)cc5OC)c(OCC(C)C)cc4OCC(C)C)c(OC)cc3OC)c(OCC(C)C)cc2OCC(C)C)cc1C(=O)c1cc([N+](=O)[O-])c(OCCCCCCCC)cc1OCCCCCCCC. The van der Waals surface area contributed by atoms with E-state index in [1.165, 1.54) is 102 Å². The van der Waals surface area contributed by atoms with Gasteiger partial charge in [0.05, 0.1) is 149 Å². The Bertz CT molecular complexity index is 4210. The molecule has 6 aromatic rings. The normalized spacial score (nSPS) is 11.3. The summed E-state index contributed by atoms with van der Waals surface area (Å²) in [6, 6.07) is 16.6. The average Bonchev–Trinajstić information content (AvgIpc) is 0.764. The largest absolute Gasteiger partial charge is 0.496 e. The number of ether oxygens (including phenoxy) is 13. The molecule has 0 bridgehead atoms. The van der Waals surface area contributed by atoms with Crippen molar-refractivity contribution in [1.82, 2.24) is 0 Å². The molecule has 0 amide bonds. The summed E-state index contributed by atoms with van der Waals surface area (Å²) in [5, 5.41) is 13.3. The van der Waals surface area contributed by atoms with Crippen LogP contribution in [0, 0.1) is 33.8 Å². The van der Waals surface area contributed by atoms with Crippen LogP contribution >= 0.6 is 0 Å². The number of rotatable bonds is 60. The Labute approximate surface area is 694 Å². The fraction of sp³-hybridized carbons (Fsp3) is 0.558. The van der Waals surface area contributed by atoms with Gasteiger partial charge in [-0.3, -0.25) is 34.1 Å². The number of nitro groups is 1. The maximum absolute atomic E-state index is 16.6. The third kappa shape index (κ3) is 28.7. The Morgan fingerprint density at radius 2 is 0.462 bits per heavy atom. The number of unbranched alkanes of at least 4 members (excludes halogenated alkanes) is 20. The average molecular weight is 1620 g/mol. The number of hydrogen-bond acceptors (Lipinski definition) is 21. The van der Waals surface area contributed by atoms with Crippen LogP contribution in [0.2, 0.25) is 0 Å². The van der Waals surface area contributed by atoms with Gasteiger partial charge in [-0.1, -0.05) is 212 Å². The van der Waals surface area contributed by atoms with Crippen LogP contribution in [-0.2, 0) is 4.74 Å². The minimum Gasteiger partial charge on any atom is -0.496 e. The Hall–Kier alpha value is -9.86. The maximum atomic E-state index is 16.6. The van der Waals surface area contributed by atoms with E-state index in [1.807, 2.05) is 55.4 Å². The lowest BCUT2D eigenvalue weighted by Crippen LogP contribution is -2.17. The highest BCUT2D eigenvalue weighted by Crippen LogP contribution is 2.45. The Kier molecular flexibility index (Phi) is 41.6. The first-order valence-electron chi connectivity index (χ1n) is 42.6. The molecule has 117 heavy (non-hydrogen) atoms. The molecule has 0 aliphatic rings. The van der Waals surface area contributed by atoms with Crippen molar-refractivity contribution in [3.8, 4) is 69.0 Å². The topological polar surface area (TPSA) is 266 Å². The molecule has 6 rings (SSSR count). The molecule has 0 radical (unpaired) electrons. The summed E-state index contributed by atoms with van der Waals surface area (Å²) >= 11 is 0. The molecule has 22 nitrogen and oxygen atoms in total. The van der Waals surface area contributed by atoms with Crippen LogP contribution in [0.4, 0.5) is 5.69 Å². The number of benzene rings is 6. The van der Waals surface area contributed by atoms with Gasteiger partial charge in [0.1, 0.15) is 68.8 Å². The van der Waals surface area contributed by atoms with Gasteiger partial charge in [0.15, 0.2) is 0 Å². The lowest BCUT2D eigenvalue weighted by molar-refractivity contribution is -0.385. The van der Waals surface area contributed by atoms with Gasteiger partial charge in [-0.15, -0.1) is 0 Å². The summed E-state index contributed by atoms with van der Waals surface area (Å²) in [5.41, 5.74) is -1.97. The molecule has 0 saturated carbocycles. The smallest absolute Gasteiger partial charge is 0.341 e. The van der Waals surface area contributed by atoms with Crippen LogP contribution in [0.3, 0.4) is 0 Å². The Balaban J connectivity index is 1.67. The predicted octanol–water partition coefficient (Wildman–Crippen LogP) is 22.7. The summed E-state index contributed by atoms with van der Waals surface area (Å²) in [6.07, 6.45) is 22.7. The Morgan fingerprint density at radius 1 is 0.265 bits per heavy atom. The first kappa shape index (κ1) is 96.0. The molecule has 0 saturated heterocycles. The van der Waals surface area contributed by atoms with Crippen LogP contribution in [0.1, 0.15) is 327 Å². The molecule has 22 heteroatoms. The zero-order valence-electron chi connectivity index (χ0n) is 72.9. The molecule has 0 aliphatic heterocycles. The second-order valence-corrected chi connectivity index (χ2v) is 31.5. The molecule has 0 heterocycles. The molecule has 0 unspecified atom stereocenters. The van der Waals surface area contributed by atoms with Gasteiger partial charge in [-0.05, 0) is 79.7 Å². The summed E-state index contributed by atoms with van der Waals surface area (Å²) in [6.45, 7) is 25.2. The minimum absolute atomic E-state index is 0.00641. The standard InChI is InChI=1S/C95H131NO21/c1-18-22-26-30-34-38-42-110-82-54-83(111-43-39-35-31-27-23-19-2)70(94(101)75-51-77(96(103)104)89(113-45-41-37-33-29-25-21-4)57-84(75)112-44-40-36-32-28-24-20-3)47-69(82)93(100)74-49-72(86(115-59-63(7)8)56-88(74)117-61-65(11)12)91(98)67-46-66(78(105-13)52-79(67)106-14)90(97)71-48-73(87(116-60-64(9)10)55-85(71)114-58-62(5)6)92(99)68-50-76(95(102)109-17)81(108-16)53-80(68)107-15/h46-57,62-65H,18-45,58-61H2,1-17H3. The third-order valence-corrected chi connectivity index (χ3v) is 19.7. The second kappa shape index (κ2) is 50.7. The number of carbonyl (C=O) groups is 6. The second-order valence-electron chi connectivity index (χ2n) is 31.5. The van der Waals surface area contributed by atoms with Crippen molar-refractivity contribution in [3.63, 3.8) is 0 Å². The van der Waals surface area contributed by atoms with Crippen LogP contribution in [0.15, 0.2) is 72.8 Å². The Morgan fingerprint density at radius 3 is 0.701 bits per heavy atom. The van der Waals surface area contributed by atoms with Crippen molar-refractivity contribution in [2.75, 3.05) is 88.4 Å². The highest BCUT2D eigenvalue weighted by atomic mass is 16.6. The fourth-order valence-corrected chi connectivity index (χ4v) is 13.2. The molecular formula is C95H131NO21. The van der Waals surface area contributed by atoms with Crippen molar-refractivity contribution < 1.29 is 95.3 Å². The zero-order valence-corrected chi connectivity index (χ0v) is 72.9. The fourth-order valence-electron chi connectivity index (χ4n) is 13.2. The molecule has 0 atom stereocenters. The van der Waals surface area contributed by atoms with E-state index in [9.17, 15) is 14.9 Å². The number of ketones is 5. The van der Waals surface area contributed by atoms with E-state index in [4.69, 9.17) is 61.6 Å². The molecule has 642 valence electrons. The number of esters is 1. The molecule has 6 aromatic carbocycles. The lowest BCUT2D eigenvalue weighted by atomic mass is 9.90. The van der Waals surface area contributed by atoms with E-state index in [0.29, 0.717) is 25.7 Å². The molecule has 0 fully saturated rings. The van der Waals surface area contributed by atoms with E-state index in [-0.39, 0.29) is 207 Å². The quantitative estimate of drug-likeness (QED) is 0.0113. The first-order valence-corrected chi connectivity index (χ1v) is 42.6. The molecule has 0 spiro atoms. The number of nitrogens with zero attached hydrogens (tertiary/aromatic N) is 1. The number of carbonyl (C=O) groups excluding carboxylic acids is 6. The molecule has 0 N–H and O–H groups in total. The summed E-state index contributed by atoms with van der Waals surface area (Å²) in [5.74, 6) is -4.60. The van der Waals surface area contributed by atoms with E-state index < -0.39 is 45.5 Å². The van der Waals surface area contributed by atoms with E-state index in [0.717, 1.165) is 128 Å². The van der Waals surface area contributed by atoms with Gasteiger partial charge in [0.2, 0.25) is 34.7 Å². The van der Waals surface area contributed by atoms with Crippen LogP contribution < -0.4 is 56.8 Å². The van der Waals surface area contributed by atoms with Crippen molar-refractivity contribution in [2.45, 2.75) is 237 Å². The van der Waals surface area contributed by atoms with E-state index >= 15 is 24.0 Å². The number of methoxy groups -OCH3 is 5. The highest BCUT2D eigenvalue weighted by molar-refractivity contribution is 6.22. The summed E-state index contributed by atoms with van der Waals surface area (Å²) in [4.78, 5) is 106. The van der Waals surface area contributed by atoms with Gasteiger partial charge in [0, 0.05) is 42.5 Å². The summed E-state index contributed by atoms with van der Waals surface area (Å²) in [7, 11) is 6.59. The summed E-state index contributed by atoms with van der Waals surface area (Å²) < 4.78 is 80.6. The van der Waals surface area contributed by atoms with Gasteiger partial charge in [-0.2, -0.15) is 0 Å². The van der Waals surface area contributed by atoms with E-state index in [2.05, 4.69) is 27.7 Å². The van der Waals surface area contributed by atoms with Gasteiger partial charge in [-0.25, -0.2) is 4.79 Å². The van der Waals surface area contributed by atoms with Crippen LogP contribution in [0.25, 0.3) is 0 Å². The highest BCUT2D eigenvalue weighted by Gasteiger charge is 2.35. The zero-order chi connectivity index (χ0) is 85.5. The molecule has 0 aliphatic carbocycles. The van der Waals surface area contributed by atoms with Gasteiger partial charge in [0.25, 0.3) is 0 Å². The predicted molar refractivity (Wildman–Crippen MR) is 457 cm³/mol. The monoisotopic (exact) mass is 1620 g/mol. The van der Waals surface area contributed by atoms with Crippen molar-refractivity contribution >= 4 is 40.6 Å². The number of hydrogen-bond donors (Lipinski definition) is 0. The van der Waals surface area contributed by atoms with Gasteiger partial charge < -0.3 is 61.6 Å². The van der Waals surface area contributed by atoms with E-state index in [1.54, 1.807) is 6.07 Å². The number of nitro benzene ring substituents is 1. The van der Waals surface area contributed by atoms with Crippen LogP contribution in [-0.4, -0.2) is 128 Å². The van der Waals surface area contributed by atoms with Crippen molar-refractivity contribution in [3.05, 3.63) is 144 Å². The molecular weight excluding hydrogens is 1490 g/mol. The van der Waals surface area contributed by atoms with Crippen LogP contribution in [0.5, 0.6) is 69.0 Å². The lowest BCUT2D eigenvalue weighted by Gasteiger charge is -2.21. The maximum Gasteiger partial charge on any atom is 0.341 e. The third-order valence-electron chi connectivity index (χ3n) is 19.7.